The molecule has 0 aromatic heterocycles. The molecule has 0 aliphatic rings. The third kappa shape index (κ3) is 5.26. The lowest BCUT2D eigenvalue weighted by atomic mass is 10.1. The van der Waals surface area contributed by atoms with Crippen LogP contribution in [0.1, 0.15) is 33.6 Å². The molecule has 0 rings (SSSR count). The van der Waals surface area contributed by atoms with Crippen molar-refractivity contribution in [1.82, 2.24) is 0 Å². The molecule has 0 heterocycles. The topological polar surface area (TPSA) is 0 Å². The Morgan fingerprint density at radius 1 is 1.00 bits per heavy atom. The fraction of sp³-hybridized carbons (Fsp3) is 0.600. The molecule has 0 aliphatic carbocycles. The van der Waals surface area contributed by atoms with Gasteiger partial charge >= 0.3 is 0 Å². The SMILES string of the molecule is CC#CCC(C)CC#CC. The Bertz CT molecular complexity index is 158. The van der Waals surface area contributed by atoms with E-state index in [9.17, 15) is 0 Å². The molecule has 0 aromatic rings. The van der Waals surface area contributed by atoms with Crippen LogP contribution in [0.5, 0.6) is 0 Å². The van der Waals surface area contributed by atoms with Gasteiger partial charge in [-0.1, -0.05) is 6.92 Å². The second-order valence-corrected chi connectivity index (χ2v) is 2.37. The van der Waals surface area contributed by atoms with Gasteiger partial charge in [-0.05, 0) is 19.8 Å². The Hall–Kier alpha value is -0.880. The fourth-order valence-corrected chi connectivity index (χ4v) is 0.625. The molecule has 0 radical (unpaired) electrons. The van der Waals surface area contributed by atoms with Gasteiger partial charge in [0.1, 0.15) is 0 Å². The maximum absolute atomic E-state index is 3.04. The molecule has 0 fully saturated rings. The molecule has 0 aliphatic heterocycles. The van der Waals surface area contributed by atoms with E-state index in [2.05, 4.69) is 30.6 Å². The Labute approximate surface area is 64.0 Å². The van der Waals surface area contributed by atoms with Gasteiger partial charge in [-0.15, -0.1) is 23.7 Å². The van der Waals surface area contributed by atoms with Crippen LogP contribution in [0.25, 0.3) is 0 Å². The summed E-state index contributed by atoms with van der Waals surface area (Å²) in [7, 11) is 0. The van der Waals surface area contributed by atoms with Gasteiger partial charge in [-0.3, -0.25) is 0 Å². The number of hydrogen-bond donors (Lipinski definition) is 0. The van der Waals surface area contributed by atoms with Gasteiger partial charge in [-0.25, -0.2) is 0 Å². The molecular weight excluding hydrogens is 120 g/mol. The molecular formula is C10H14. The van der Waals surface area contributed by atoms with Crippen molar-refractivity contribution in [3.05, 3.63) is 0 Å². The van der Waals surface area contributed by atoms with Crippen molar-refractivity contribution in [3.8, 4) is 23.7 Å². The zero-order valence-corrected chi connectivity index (χ0v) is 6.99. The van der Waals surface area contributed by atoms with Gasteiger partial charge in [-0.2, -0.15) is 0 Å². The summed E-state index contributed by atoms with van der Waals surface area (Å²) in [6.07, 6.45) is 1.95. The van der Waals surface area contributed by atoms with Crippen LogP contribution in [0.15, 0.2) is 0 Å². The van der Waals surface area contributed by atoms with Crippen molar-refractivity contribution >= 4 is 0 Å². The minimum atomic E-state index is 0.625. The monoisotopic (exact) mass is 134 g/mol. The van der Waals surface area contributed by atoms with Crippen molar-refractivity contribution in [2.75, 3.05) is 0 Å². The van der Waals surface area contributed by atoms with Crippen LogP contribution >= 0.6 is 0 Å². The smallest absolute Gasteiger partial charge is 0.0123 e. The minimum absolute atomic E-state index is 0.625. The molecule has 0 heteroatoms. The molecule has 0 unspecified atom stereocenters. The summed E-state index contributed by atoms with van der Waals surface area (Å²) < 4.78 is 0. The maximum atomic E-state index is 3.04. The lowest BCUT2D eigenvalue weighted by Crippen LogP contribution is -1.89. The number of rotatable bonds is 2. The van der Waals surface area contributed by atoms with Gasteiger partial charge in [0.25, 0.3) is 0 Å². The van der Waals surface area contributed by atoms with E-state index in [-0.39, 0.29) is 0 Å². The van der Waals surface area contributed by atoms with Crippen LogP contribution in [-0.4, -0.2) is 0 Å². The summed E-state index contributed by atoms with van der Waals surface area (Å²) in [4.78, 5) is 0. The van der Waals surface area contributed by atoms with Crippen molar-refractivity contribution < 1.29 is 0 Å². The quantitative estimate of drug-likeness (QED) is 0.509. The molecule has 0 saturated carbocycles. The second-order valence-electron chi connectivity index (χ2n) is 2.37. The van der Waals surface area contributed by atoms with Gasteiger partial charge in [0.15, 0.2) is 0 Å². The van der Waals surface area contributed by atoms with E-state index in [0.29, 0.717) is 5.92 Å². The van der Waals surface area contributed by atoms with E-state index in [4.69, 9.17) is 0 Å². The van der Waals surface area contributed by atoms with Gasteiger partial charge < -0.3 is 0 Å². The second kappa shape index (κ2) is 6.24. The Balaban J connectivity index is 3.46. The highest BCUT2D eigenvalue weighted by atomic mass is 14.0. The van der Waals surface area contributed by atoms with Crippen LogP contribution < -0.4 is 0 Å². The first kappa shape index (κ1) is 9.12. The molecule has 0 aromatic carbocycles. The standard InChI is InChI=1S/C10H14/c1-4-6-8-10(3)9-7-5-2/h10H,8-9H2,1-3H3. The summed E-state index contributed by atoms with van der Waals surface area (Å²) in [5.41, 5.74) is 0. The third-order valence-electron chi connectivity index (χ3n) is 1.25. The first-order chi connectivity index (χ1) is 4.81. The van der Waals surface area contributed by atoms with Gasteiger partial charge in [0, 0.05) is 12.8 Å². The lowest BCUT2D eigenvalue weighted by molar-refractivity contribution is 0.623. The van der Waals surface area contributed by atoms with Crippen LogP contribution in [0.3, 0.4) is 0 Å². The zero-order chi connectivity index (χ0) is 7.82. The van der Waals surface area contributed by atoms with E-state index in [1.165, 1.54) is 0 Å². The zero-order valence-electron chi connectivity index (χ0n) is 6.99. The molecule has 0 saturated heterocycles. The largest absolute Gasteiger partial charge is 0.107 e. The van der Waals surface area contributed by atoms with Crippen LogP contribution in [0.4, 0.5) is 0 Å². The summed E-state index contributed by atoms with van der Waals surface area (Å²) in [6.45, 7) is 5.92. The molecule has 0 bridgehead atoms. The van der Waals surface area contributed by atoms with Gasteiger partial charge in [0.05, 0.1) is 0 Å². The van der Waals surface area contributed by atoms with Crippen LogP contribution in [-0.2, 0) is 0 Å². The molecule has 0 N–H and O–H groups in total. The third-order valence-corrected chi connectivity index (χ3v) is 1.25. The van der Waals surface area contributed by atoms with Crippen molar-refractivity contribution in [2.45, 2.75) is 33.6 Å². The van der Waals surface area contributed by atoms with Crippen LogP contribution in [0, 0.1) is 29.6 Å². The van der Waals surface area contributed by atoms with Crippen LogP contribution in [0.2, 0.25) is 0 Å². The Morgan fingerprint density at radius 3 is 1.70 bits per heavy atom. The maximum Gasteiger partial charge on any atom is 0.0123 e. The van der Waals surface area contributed by atoms with E-state index in [1.807, 2.05) is 13.8 Å². The molecule has 0 nitrogen and oxygen atoms in total. The number of hydrogen-bond acceptors (Lipinski definition) is 0. The summed E-state index contributed by atoms with van der Waals surface area (Å²) in [6, 6.07) is 0. The van der Waals surface area contributed by atoms with Crippen molar-refractivity contribution in [3.63, 3.8) is 0 Å². The summed E-state index contributed by atoms with van der Waals surface area (Å²) in [5, 5.41) is 0. The normalized spacial score (nSPS) is 7.60. The first-order valence-electron chi connectivity index (χ1n) is 3.60. The highest BCUT2D eigenvalue weighted by Gasteiger charge is 1.94. The Kier molecular flexibility index (Phi) is 5.69. The predicted octanol–water partition coefficient (Wildman–Crippen LogP) is 2.45. The van der Waals surface area contributed by atoms with E-state index in [1.54, 1.807) is 0 Å². The Morgan fingerprint density at radius 2 is 1.40 bits per heavy atom. The highest BCUT2D eigenvalue weighted by Crippen LogP contribution is 2.03. The molecule has 0 atom stereocenters. The van der Waals surface area contributed by atoms with E-state index < -0.39 is 0 Å². The summed E-state index contributed by atoms with van der Waals surface area (Å²) in [5.74, 6) is 12.5. The lowest BCUT2D eigenvalue weighted by Gasteiger charge is -1.98. The molecule has 0 spiro atoms. The highest BCUT2D eigenvalue weighted by molar-refractivity contribution is 5.00. The molecule has 54 valence electrons. The average Bonchev–Trinajstić information content (AvgIpc) is 1.97. The molecule has 0 amide bonds. The molecule has 10 heavy (non-hydrogen) atoms. The van der Waals surface area contributed by atoms with Crippen molar-refractivity contribution in [1.29, 1.82) is 0 Å². The summed E-state index contributed by atoms with van der Waals surface area (Å²) >= 11 is 0. The van der Waals surface area contributed by atoms with E-state index >= 15 is 0 Å². The first-order valence-corrected chi connectivity index (χ1v) is 3.60. The van der Waals surface area contributed by atoms with Gasteiger partial charge in [0.2, 0.25) is 0 Å². The fourth-order valence-electron chi connectivity index (χ4n) is 0.625. The minimum Gasteiger partial charge on any atom is -0.107 e. The van der Waals surface area contributed by atoms with E-state index in [0.717, 1.165) is 12.8 Å². The predicted molar refractivity (Wildman–Crippen MR) is 45.3 cm³/mol. The average molecular weight is 134 g/mol. The van der Waals surface area contributed by atoms with Crippen molar-refractivity contribution in [2.24, 2.45) is 5.92 Å².